The van der Waals surface area contributed by atoms with Crippen LogP contribution < -0.4 is 4.90 Å². The number of benzene rings is 1. The monoisotopic (exact) mass is 254 g/mol. The van der Waals surface area contributed by atoms with E-state index in [0.717, 1.165) is 31.5 Å². The lowest BCUT2D eigenvalue weighted by molar-refractivity contribution is 0.310. The lowest BCUT2D eigenvalue weighted by Crippen LogP contribution is -2.45. The minimum atomic E-state index is -0.428. The fraction of sp³-hybridized carbons (Fsp3) is 0.571. The fourth-order valence-electron chi connectivity index (χ4n) is 2.38. The second-order valence-corrected chi connectivity index (χ2v) is 4.95. The van der Waals surface area contributed by atoms with Gasteiger partial charge in [0.25, 0.3) is 0 Å². The Balaban J connectivity index is 2.22. The lowest BCUT2D eigenvalue weighted by atomic mass is 10.1. The Morgan fingerprint density at radius 3 is 2.11 bits per heavy atom. The summed E-state index contributed by atoms with van der Waals surface area (Å²) in [5, 5.41) is 0. The highest BCUT2D eigenvalue weighted by atomic mass is 19.1. The molecule has 0 saturated carbocycles. The van der Waals surface area contributed by atoms with Gasteiger partial charge >= 0.3 is 0 Å². The lowest BCUT2D eigenvalue weighted by Gasteiger charge is -2.34. The van der Waals surface area contributed by atoms with Crippen LogP contribution in [-0.2, 0) is 6.42 Å². The van der Waals surface area contributed by atoms with Crippen LogP contribution in [0.15, 0.2) is 12.1 Å². The van der Waals surface area contributed by atoms with Crippen molar-refractivity contribution in [2.24, 2.45) is 0 Å². The van der Waals surface area contributed by atoms with E-state index in [9.17, 15) is 8.78 Å². The predicted octanol–water partition coefficient (Wildman–Crippen LogP) is 2.67. The molecule has 0 unspecified atom stereocenters. The molecular weight excluding hydrogens is 234 g/mol. The van der Waals surface area contributed by atoms with Crippen molar-refractivity contribution in [1.82, 2.24) is 4.90 Å². The molecule has 1 aromatic rings. The summed E-state index contributed by atoms with van der Waals surface area (Å²) in [6, 6.07) is 2.94. The van der Waals surface area contributed by atoms with E-state index in [-0.39, 0.29) is 5.69 Å². The van der Waals surface area contributed by atoms with Gasteiger partial charge in [-0.2, -0.15) is 0 Å². The Morgan fingerprint density at radius 2 is 1.61 bits per heavy atom. The molecule has 0 N–H and O–H groups in total. The van der Waals surface area contributed by atoms with Gasteiger partial charge in [0, 0.05) is 26.2 Å². The van der Waals surface area contributed by atoms with Crippen LogP contribution in [0.25, 0.3) is 0 Å². The van der Waals surface area contributed by atoms with E-state index in [4.69, 9.17) is 0 Å². The standard InChI is InChI=1S/C14H20F2N2/c1-3-4-11-9-12(15)14(13(16)10-11)18-7-5-17(2)6-8-18/h9-10H,3-8H2,1-2H3. The van der Waals surface area contributed by atoms with E-state index in [2.05, 4.69) is 4.90 Å². The molecule has 100 valence electrons. The maximum absolute atomic E-state index is 14.0. The van der Waals surface area contributed by atoms with Gasteiger partial charge in [-0.1, -0.05) is 13.3 Å². The molecule has 1 aliphatic heterocycles. The molecule has 0 radical (unpaired) electrons. The molecule has 1 aromatic carbocycles. The number of halogens is 2. The number of rotatable bonds is 3. The van der Waals surface area contributed by atoms with Crippen LogP contribution in [0.5, 0.6) is 0 Å². The maximum Gasteiger partial charge on any atom is 0.149 e. The molecule has 0 bridgehead atoms. The van der Waals surface area contributed by atoms with E-state index in [1.807, 2.05) is 14.0 Å². The zero-order chi connectivity index (χ0) is 13.1. The highest BCUT2D eigenvalue weighted by Gasteiger charge is 2.21. The summed E-state index contributed by atoms with van der Waals surface area (Å²) in [5.41, 5.74) is 0.883. The van der Waals surface area contributed by atoms with Crippen LogP contribution in [0.1, 0.15) is 18.9 Å². The van der Waals surface area contributed by atoms with Gasteiger partial charge in [-0.15, -0.1) is 0 Å². The average Bonchev–Trinajstić information content (AvgIpc) is 2.31. The van der Waals surface area contributed by atoms with Crippen molar-refractivity contribution in [2.75, 3.05) is 38.1 Å². The number of anilines is 1. The molecule has 0 aliphatic carbocycles. The van der Waals surface area contributed by atoms with Crippen molar-refractivity contribution < 1.29 is 8.78 Å². The zero-order valence-electron chi connectivity index (χ0n) is 11.0. The van der Waals surface area contributed by atoms with E-state index in [1.165, 1.54) is 12.1 Å². The molecule has 1 saturated heterocycles. The summed E-state index contributed by atoms with van der Waals surface area (Å²) in [6.45, 7) is 5.05. The van der Waals surface area contributed by atoms with Gasteiger partial charge in [0.2, 0.25) is 0 Å². The third-order valence-corrected chi connectivity index (χ3v) is 3.43. The predicted molar refractivity (Wildman–Crippen MR) is 70.1 cm³/mol. The normalized spacial score (nSPS) is 17.2. The Hall–Kier alpha value is -1.16. The highest BCUT2D eigenvalue weighted by molar-refractivity contribution is 5.51. The summed E-state index contributed by atoms with van der Waals surface area (Å²) < 4.78 is 28.0. The largest absolute Gasteiger partial charge is 0.364 e. The van der Waals surface area contributed by atoms with Gasteiger partial charge in [0.1, 0.15) is 17.3 Å². The first-order chi connectivity index (χ1) is 8.61. The van der Waals surface area contributed by atoms with Crippen molar-refractivity contribution in [3.63, 3.8) is 0 Å². The van der Waals surface area contributed by atoms with E-state index < -0.39 is 11.6 Å². The maximum atomic E-state index is 14.0. The number of hydrogen-bond acceptors (Lipinski definition) is 2. The van der Waals surface area contributed by atoms with E-state index in [0.29, 0.717) is 13.1 Å². The van der Waals surface area contributed by atoms with Gasteiger partial charge in [-0.25, -0.2) is 8.78 Å². The molecular formula is C14H20F2N2. The highest BCUT2D eigenvalue weighted by Crippen LogP contribution is 2.26. The third-order valence-electron chi connectivity index (χ3n) is 3.43. The molecule has 0 amide bonds. The van der Waals surface area contributed by atoms with Gasteiger partial charge in [-0.05, 0) is 31.2 Å². The summed E-state index contributed by atoms with van der Waals surface area (Å²) >= 11 is 0. The van der Waals surface area contributed by atoms with Crippen LogP contribution in [0.3, 0.4) is 0 Å². The first kappa shape index (κ1) is 13.3. The topological polar surface area (TPSA) is 6.48 Å². The summed E-state index contributed by atoms with van der Waals surface area (Å²) in [7, 11) is 2.02. The zero-order valence-corrected chi connectivity index (χ0v) is 11.0. The van der Waals surface area contributed by atoms with Crippen molar-refractivity contribution >= 4 is 5.69 Å². The molecule has 0 aromatic heterocycles. The molecule has 18 heavy (non-hydrogen) atoms. The summed E-state index contributed by atoms with van der Waals surface area (Å²) in [5.74, 6) is -0.856. The van der Waals surface area contributed by atoms with Gasteiger partial charge < -0.3 is 9.80 Å². The molecule has 2 nitrogen and oxygen atoms in total. The van der Waals surface area contributed by atoms with Crippen LogP contribution >= 0.6 is 0 Å². The van der Waals surface area contributed by atoms with Gasteiger partial charge in [0.05, 0.1) is 0 Å². The minimum Gasteiger partial charge on any atom is -0.364 e. The van der Waals surface area contributed by atoms with Crippen molar-refractivity contribution in [3.8, 4) is 0 Å². The Bertz CT molecular complexity index is 389. The number of hydrogen-bond donors (Lipinski definition) is 0. The van der Waals surface area contributed by atoms with Gasteiger partial charge in [0.15, 0.2) is 0 Å². The van der Waals surface area contributed by atoms with Crippen LogP contribution in [0.2, 0.25) is 0 Å². The second-order valence-electron chi connectivity index (χ2n) is 4.95. The van der Waals surface area contributed by atoms with Crippen molar-refractivity contribution in [1.29, 1.82) is 0 Å². The Kier molecular flexibility index (Phi) is 4.17. The minimum absolute atomic E-state index is 0.142. The second kappa shape index (κ2) is 5.65. The summed E-state index contributed by atoms with van der Waals surface area (Å²) in [6.07, 6.45) is 1.61. The van der Waals surface area contributed by atoms with Crippen LogP contribution in [0, 0.1) is 11.6 Å². The smallest absolute Gasteiger partial charge is 0.149 e. The number of likely N-dealkylation sites (N-methyl/N-ethyl adjacent to an activating group) is 1. The SMILES string of the molecule is CCCc1cc(F)c(N2CCN(C)CC2)c(F)c1. The molecule has 4 heteroatoms. The first-order valence-corrected chi connectivity index (χ1v) is 6.53. The molecule has 0 spiro atoms. The van der Waals surface area contributed by atoms with Crippen LogP contribution in [0.4, 0.5) is 14.5 Å². The Labute approximate surface area is 107 Å². The van der Waals surface area contributed by atoms with Crippen molar-refractivity contribution in [2.45, 2.75) is 19.8 Å². The van der Waals surface area contributed by atoms with Crippen LogP contribution in [-0.4, -0.2) is 38.1 Å². The van der Waals surface area contributed by atoms with E-state index in [1.54, 1.807) is 4.90 Å². The summed E-state index contributed by atoms with van der Waals surface area (Å²) in [4.78, 5) is 3.97. The third kappa shape index (κ3) is 2.80. The first-order valence-electron chi connectivity index (χ1n) is 6.53. The quantitative estimate of drug-likeness (QED) is 0.818. The fourth-order valence-corrected chi connectivity index (χ4v) is 2.38. The van der Waals surface area contributed by atoms with Crippen molar-refractivity contribution in [3.05, 3.63) is 29.3 Å². The molecule has 1 heterocycles. The molecule has 1 aliphatic rings. The number of nitrogens with zero attached hydrogens (tertiary/aromatic N) is 2. The number of piperazine rings is 1. The van der Waals surface area contributed by atoms with E-state index >= 15 is 0 Å². The molecule has 1 fully saturated rings. The number of aryl methyl sites for hydroxylation is 1. The van der Waals surface area contributed by atoms with Gasteiger partial charge in [-0.3, -0.25) is 0 Å². The average molecular weight is 254 g/mol. The molecule has 0 atom stereocenters. The Morgan fingerprint density at radius 1 is 1.06 bits per heavy atom. The molecule has 2 rings (SSSR count).